The number of aryl methyl sites for hydroxylation is 1. The van der Waals surface area contributed by atoms with E-state index in [1.165, 1.54) is 44.1 Å². The number of carbonyl (C=O) groups is 2. The van der Waals surface area contributed by atoms with Crippen LogP contribution >= 0.6 is 0 Å². The summed E-state index contributed by atoms with van der Waals surface area (Å²) in [6, 6.07) is 0. The van der Waals surface area contributed by atoms with Crippen molar-refractivity contribution in [2.45, 2.75) is 145 Å². The number of hydrogen-bond acceptors (Lipinski definition) is 7. The van der Waals surface area contributed by atoms with Gasteiger partial charge in [-0.05, 0) is 141 Å². The van der Waals surface area contributed by atoms with Crippen molar-refractivity contribution >= 4 is 24.5 Å². The zero-order chi connectivity index (χ0) is 38.5. The maximum Gasteiger partial charge on any atom is 0.159 e. The molecule has 0 N–H and O–H groups in total. The fraction of sp³-hybridized carbons (Fsp3) is 0.739. The van der Waals surface area contributed by atoms with Crippen molar-refractivity contribution in [1.82, 2.24) is 9.97 Å². The standard InChI is InChI=1S/C44H62N4O3.C2H6/c1-25(2)40-37(50)21-44(19-14-35(48-45-9)36-23-46-26(3)22-47-36)18-13-34-31(41(40)44)10-11-39-42(7)17-15-38(28(5)33(42)12-16-43(34,39)8)51-29(6)32-20-30(24-49)27(32)4;1-2/h22-25,27-28,30-34,38-39H,6,9-21H2,1-5,7-8H3;1-2H3/b48-35+;. The maximum absolute atomic E-state index is 14.0. The van der Waals surface area contributed by atoms with E-state index in [9.17, 15) is 9.59 Å². The Morgan fingerprint density at radius 3 is 2.34 bits per heavy atom. The van der Waals surface area contributed by atoms with Crippen molar-refractivity contribution in [3.63, 3.8) is 0 Å². The average Bonchev–Trinajstić information content (AvgIpc) is 3.44. The zero-order valence-corrected chi connectivity index (χ0v) is 34.4. The summed E-state index contributed by atoms with van der Waals surface area (Å²) >= 11 is 0. The van der Waals surface area contributed by atoms with Gasteiger partial charge in [0.25, 0.3) is 0 Å². The molecule has 0 spiro atoms. The molecule has 0 aromatic carbocycles. The van der Waals surface area contributed by atoms with Gasteiger partial charge in [0.15, 0.2) is 5.78 Å². The van der Waals surface area contributed by atoms with Gasteiger partial charge in [-0.2, -0.15) is 10.2 Å². The van der Waals surface area contributed by atoms with Crippen LogP contribution < -0.4 is 0 Å². The molecule has 7 nitrogen and oxygen atoms in total. The monoisotopic (exact) mass is 725 g/mol. The first kappa shape index (κ1) is 39.7. The minimum absolute atomic E-state index is 0.113. The summed E-state index contributed by atoms with van der Waals surface area (Å²) in [4.78, 5) is 34.5. The van der Waals surface area contributed by atoms with Gasteiger partial charge in [0.2, 0.25) is 0 Å². The molecule has 0 radical (unpaired) electrons. The van der Waals surface area contributed by atoms with Gasteiger partial charge in [-0.3, -0.25) is 14.8 Å². The fourth-order valence-corrected chi connectivity index (χ4v) is 13.4. The molecule has 7 heteroatoms. The molecule has 0 aliphatic heterocycles. The molecule has 5 saturated carbocycles. The van der Waals surface area contributed by atoms with Crippen molar-refractivity contribution in [3.8, 4) is 0 Å². The smallest absolute Gasteiger partial charge is 0.159 e. The summed E-state index contributed by atoms with van der Waals surface area (Å²) in [7, 11) is 0. The quantitative estimate of drug-likeness (QED) is 0.104. The third-order valence-electron chi connectivity index (χ3n) is 16.1. The Labute approximate surface area is 320 Å². The van der Waals surface area contributed by atoms with Gasteiger partial charge in [0.05, 0.1) is 23.4 Å². The van der Waals surface area contributed by atoms with Gasteiger partial charge >= 0.3 is 0 Å². The molecule has 12 unspecified atom stereocenters. The number of aldehydes is 1. The van der Waals surface area contributed by atoms with Gasteiger partial charge in [0, 0.05) is 31.2 Å². The van der Waals surface area contributed by atoms with E-state index < -0.39 is 0 Å². The van der Waals surface area contributed by atoms with E-state index in [0.29, 0.717) is 65.5 Å². The highest BCUT2D eigenvalue weighted by Gasteiger charge is 2.65. The van der Waals surface area contributed by atoms with Gasteiger partial charge < -0.3 is 9.53 Å². The normalized spacial score (nSPS) is 40.5. The van der Waals surface area contributed by atoms with Crippen molar-refractivity contribution in [1.29, 1.82) is 0 Å². The molecule has 7 rings (SSSR count). The molecule has 5 fully saturated rings. The van der Waals surface area contributed by atoms with Crippen LogP contribution in [0.1, 0.15) is 144 Å². The summed E-state index contributed by atoms with van der Waals surface area (Å²) in [5.41, 5.74) is 5.54. The summed E-state index contributed by atoms with van der Waals surface area (Å²) in [6.45, 7) is 28.4. The van der Waals surface area contributed by atoms with E-state index in [1.807, 2.05) is 20.8 Å². The molecular weight excluding hydrogens is 657 g/mol. The van der Waals surface area contributed by atoms with Gasteiger partial charge in [0.1, 0.15) is 18.1 Å². The van der Waals surface area contributed by atoms with Crippen LogP contribution in [0.5, 0.6) is 0 Å². The molecular formula is C46H68N4O3. The number of rotatable bonds is 10. The van der Waals surface area contributed by atoms with E-state index in [1.54, 1.807) is 12.4 Å². The van der Waals surface area contributed by atoms with Crippen LogP contribution in [0.4, 0.5) is 0 Å². The fourth-order valence-electron chi connectivity index (χ4n) is 13.4. The molecule has 1 aromatic heterocycles. The Balaban J connectivity index is 0.00000236. The number of allylic oxidation sites excluding steroid dienone is 3. The minimum atomic E-state index is -0.113. The molecule has 0 saturated heterocycles. The Bertz CT molecular complexity index is 1630. The second-order valence-corrected chi connectivity index (χ2v) is 18.7. The number of Topliss-reactive ketones (excluding diaryl/α,β-unsaturated/α-hetero) is 1. The molecule has 0 amide bonds. The lowest BCUT2D eigenvalue weighted by Gasteiger charge is -2.67. The van der Waals surface area contributed by atoms with Crippen LogP contribution in [0.25, 0.3) is 0 Å². The van der Waals surface area contributed by atoms with E-state index in [4.69, 9.17) is 4.74 Å². The van der Waals surface area contributed by atoms with Crippen LogP contribution in [-0.2, 0) is 14.3 Å². The first-order valence-corrected chi connectivity index (χ1v) is 21.2. The van der Waals surface area contributed by atoms with Gasteiger partial charge in [-0.25, -0.2) is 0 Å². The highest BCUT2D eigenvalue weighted by atomic mass is 16.5. The molecule has 0 bridgehead atoms. The summed E-state index contributed by atoms with van der Waals surface area (Å²) in [5, 5.41) is 8.35. The molecule has 53 heavy (non-hydrogen) atoms. The zero-order valence-electron chi connectivity index (χ0n) is 34.4. The molecule has 1 aromatic rings. The minimum Gasteiger partial charge on any atom is -0.495 e. The average molecular weight is 725 g/mol. The van der Waals surface area contributed by atoms with Gasteiger partial charge in [-0.1, -0.05) is 67.5 Å². The van der Waals surface area contributed by atoms with Crippen LogP contribution in [-0.4, -0.2) is 40.6 Å². The Hall–Kier alpha value is -2.96. The number of ketones is 1. The predicted molar refractivity (Wildman–Crippen MR) is 214 cm³/mol. The second kappa shape index (κ2) is 15.3. The van der Waals surface area contributed by atoms with E-state index in [2.05, 4.69) is 75.0 Å². The van der Waals surface area contributed by atoms with Crippen LogP contribution in [0.3, 0.4) is 0 Å². The SMILES string of the molecule is C=N/N=C(\CCC12CCC3C(CCC4C3(C)CCC3C(C)C(OC(=C)C5CC(C=O)C5C)CCC34C)C1=C(C(C)C)C(=O)C2)c1cnc(C)cn1.CC. The molecule has 6 aliphatic rings. The first-order valence-electron chi connectivity index (χ1n) is 21.2. The summed E-state index contributed by atoms with van der Waals surface area (Å²) in [5.74, 6) is 5.22. The molecule has 6 aliphatic carbocycles. The number of hydrogen-bond donors (Lipinski definition) is 0. The number of nitrogens with zero attached hydrogens (tertiary/aromatic N) is 4. The number of ether oxygens (including phenoxy) is 1. The van der Waals surface area contributed by atoms with Crippen molar-refractivity contribution < 1.29 is 14.3 Å². The third kappa shape index (κ3) is 6.62. The number of carbonyl (C=O) groups excluding carboxylic acids is 2. The van der Waals surface area contributed by atoms with Crippen LogP contribution in [0.15, 0.2) is 46.1 Å². The van der Waals surface area contributed by atoms with Gasteiger partial charge in [-0.15, -0.1) is 0 Å². The number of fused-ring (bicyclic) bond motifs is 7. The van der Waals surface area contributed by atoms with Crippen molar-refractivity contribution in [3.05, 3.63) is 47.3 Å². The van der Waals surface area contributed by atoms with E-state index in [0.717, 1.165) is 60.4 Å². The third-order valence-corrected chi connectivity index (χ3v) is 16.1. The van der Waals surface area contributed by atoms with E-state index >= 15 is 0 Å². The predicted octanol–water partition coefficient (Wildman–Crippen LogP) is 10.6. The summed E-state index contributed by atoms with van der Waals surface area (Å²) < 4.78 is 6.73. The van der Waals surface area contributed by atoms with E-state index in [-0.39, 0.29) is 28.8 Å². The number of aromatic nitrogens is 2. The van der Waals surface area contributed by atoms with Crippen molar-refractivity contribution in [2.75, 3.05) is 0 Å². The van der Waals surface area contributed by atoms with Crippen molar-refractivity contribution in [2.24, 2.45) is 79.7 Å². The largest absolute Gasteiger partial charge is 0.495 e. The topological polar surface area (TPSA) is 93.9 Å². The van der Waals surface area contributed by atoms with Crippen LogP contribution in [0, 0.1) is 76.4 Å². The maximum atomic E-state index is 14.0. The first-order chi connectivity index (χ1) is 25.3. The highest BCUT2D eigenvalue weighted by molar-refractivity contribution is 6.01. The summed E-state index contributed by atoms with van der Waals surface area (Å²) in [6.07, 6.45) is 17.5. The lowest BCUT2D eigenvalue weighted by atomic mass is 9.38. The molecule has 12 atom stereocenters. The second-order valence-electron chi connectivity index (χ2n) is 18.7. The Kier molecular flexibility index (Phi) is 11.5. The van der Waals surface area contributed by atoms with Crippen LogP contribution in [0.2, 0.25) is 0 Å². The molecule has 290 valence electrons. The highest BCUT2D eigenvalue weighted by Crippen LogP contribution is 2.72. The lowest BCUT2D eigenvalue weighted by Crippen LogP contribution is -2.60. The Morgan fingerprint density at radius 1 is 1.00 bits per heavy atom. The molecule has 1 heterocycles. The lowest BCUT2D eigenvalue weighted by molar-refractivity contribution is -0.182. The Morgan fingerprint density at radius 2 is 1.70 bits per heavy atom.